The predicted octanol–water partition coefficient (Wildman–Crippen LogP) is 6.87. The van der Waals surface area contributed by atoms with Gasteiger partial charge < -0.3 is 9.97 Å². The molecule has 4 aromatic rings. The summed E-state index contributed by atoms with van der Waals surface area (Å²) in [6, 6.07) is 10.6. The molecule has 2 nitrogen and oxygen atoms in total. The Kier molecular flexibility index (Phi) is 3.96. The maximum Gasteiger partial charge on any atom is 0.399 e. The Labute approximate surface area is 157 Å². The highest BCUT2D eigenvalue weighted by Gasteiger charge is 2.44. The van der Waals surface area contributed by atoms with Crippen LogP contribution in [0.1, 0.15) is 17.0 Å². The minimum Gasteiger partial charge on any atom is -0.361 e. The Hall–Kier alpha value is -1.73. The Balaban J connectivity index is 2.00. The van der Waals surface area contributed by atoms with Crippen molar-refractivity contribution in [3.63, 3.8) is 0 Å². The van der Waals surface area contributed by atoms with Gasteiger partial charge >= 0.3 is 6.18 Å². The molecule has 0 saturated heterocycles. The molecule has 2 aromatic carbocycles. The van der Waals surface area contributed by atoms with Crippen molar-refractivity contribution in [1.82, 2.24) is 9.97 Å². The Morgan fingerprint density at radius 3 is 1.60 bits per heavy atom. The normalized spacial score (nSPS) is 12.6. The quantitative estimate of drug-likeness (QED) is 0.319. The van der Waals surface area contributed by atoms with Crippen molar-refractivity contribution in [2.75, 3.05) is 0 Å². The lowest BCUT2D eigenvalue weighted by Gasteiger charge is -2.20. The van der Waals surface area contributed by atoms with E-state index in [9.17, 15) is 13.2 Å². The van der Waals surface area contributed by atoms with E-state index >= 15 is 0 Å². The van der Waals surface area contributed by atoms with E-state index in [4.69, 9.17) is 0 Å². The summed E-state index contributed by atoms with van der Waals surface area (Å²) in [5, 5.41) is 1.11. The molecule has 4 rings (SSSR count). The van der Waals surface area contributed by atoms with Gasteiger partial charge in [0.15, 0.2) is 0 Å². The molecule has 0 aliphatic heterocycles. The van der Waals surface area contributed by atoms with Gasteiger partial charge in [-0.1, -0.05) is 31.9 Å². The monoisotopic (exact) mass is 470 g/mol. The third-order valence-electron chi connectivity index (χ3n) is 4.30. The number of hydrogen-bond donors (Lipinski definition) is 2. The number of rotatable bonds is 2. The number of halogens is 5. The lowest BCUT2D eigenvalue weighted by atomic mass is 9.90. The van der Waals surface area contributed by atoms with Gasteiger partial charge in [-0.05, 0) is 47.5 Å². The summed E-state index contributed by atoms with van der Waals surface area (Å²) in [7, 11) is 0. The lowest BCUT2D eigenvalue weighted by Crippen LogP contribution is -2.21. The number of benzene rings is 2. The first-order chi connectivity index (χ1) is 11.8. The van der Waals surface area contributed by atoms with Crippen molar-refractivity contribution in [1.29, 1.82) is 0 Å². The van der Waals surface area contributed by atoms with Crippen molar-refractivity contribution in [3.05, 3.63) is 68.9 Å². The maximum absolute atomic E-state index is 14.1. The van der Waals surface area contributed by atoms with Gasteiger partial charge in [0.2, 0.25) is 0 Å². The fourth-order valence-electron chi connectivity index (χ4n) is 3.23. The summed E-state index contributed by atoms with van der Waals surface area (Å²) in [4.78, 5) is 5.90. The molecule has 0 aliphatic rings. The van der Waals surface area contributed by atoms with Crippen molar-refractivity contribution < 1.29 is 13.2 Å². The van der Waals surface area contributed by atoms with E-state index < -0.39 is 12.1 Å². The smallest absolute Gasteiger partial charge is 0.361 e. The number of alkyl halides is 3. The number of hydrogen-bond acceptors (Lipinski definition) is 0. The molecule has 0 atom stereocenters. The van der Waals surface area contributed by atoms with Crippen LogP contribution in [0, 0.1) is 0 Å². The summed E-state index contributed by atoms with van der Waals surface area (Å²) in [6.07, 6.45) is -1.52. The molecular weight excluding hydrogens is 461 g/mol. The van der Waals surface area contributed by atoms with Crippen LogP contribution in [0.15, 0.2) is 57.7 Å². The predicted molar refractivity (Wildman–Crippen MR) is 99.9 cm³/mol. The molecular formula is C18H11Br2F3N2. The molecule has 0 spiro atoms. The molecule has 0 fully saturated rings. The zero-order valence-electron chi connectivity index (χ0n) is 12.6. The van der Waals surface area contributed by atoms with Crippen LogP contribution in [0.3, 0.4) is 0 Å². The first-order valence-electron chi connectivity index (χ1n) is 7.44. The van der Waals surface area contributed by atoms with E-state index in [0.29, 0.717) is 21.8 Å². The van der Waals surface area contributed by atoms with Crippen LogP contribution in [0.4, 0.5) is 13.2 Å². The number of H-pyrrole nitrogens is 2. The van der Waals surface area contributed by atoms with E-state index in [2.05, 4.69) is 41.8 Å². The van der Waals surface area contributed by atoms with Crippen LogP contribution < -0.4 is 0 Å². The molecule has 2 aromatic heterocycles. The van der Waals surface area contributed by atoms with Gasteiger partial charge in [-0.2, -0.15) is 13.2 Å². The Morgan fingerprint density at radius 1 is 0.760 bits per heavy atom. The molecule has 128 valence electrons. The molecule has 0 bridgehead atoms. The van der Waals surface area contributed by atoms with E-state index in [1.807, 2.05) is 0 Å². The number of aromatic nitrogens is 2. The number of aromatic amines is 2. The van der Waals surface area contributed by atoms with Crippen LogP contribution in [-0.2, 0) is 0 Å². The molecule has 0 saturated carbocycles. The molecule has 0 amide bonds. The van der Waals surface area contributed by atoms with Gasteiger partial charge in [0.25, 0.3) is 0 Å². The fourth-order valence-corrected chi connectivity index (χ4v) is 3.95. The van der Waals surface area contributed by atoms with Crippen LogP contribution >= 0.6 is 31.9 Å². The SMILES string of the molecule is FC(F)(F)C(c1c[nH]c2ccc(Br)cc12)c1c[nH]c2ccc(Br)cc12. The van der Waals surface area contributed by atoms with Gasteiger partial charge in [0, 0.05) is 43.1 Å². The average Bonchev–Trinajstić information content (AvgIpc) is 3.11. The lowest BCUT2D eigenvalue weighted by molar-refractivity contribution is -0.140. The first kappa shape index (κ1) is 16.7. The van der Waals surface area contributed by atoms with Crippen LogP contribution in [0.25, 0.3) is 21.8 Å². The van der Waals surface area contributed by atoms with Gasteiger partial charge in [0.1, 0.15) is 5.92 Å². The minimum absolute atomic E-state index is 0.213. The van der Waals surface area contributed by atoms with Crippen LogP contribution in [0.5, 0.6) is 0 Å². The van der Waals surface area contributed by atoms with Crippen LogP contribution in [-0.4, -0.2) is 16.1 Å². The van der Waals surface area contributed by atoms with E-state index in [1.54, 1.807) is 36.4 Å². The average molecular weight is 472 g/mol. The third-order valence-corrected chi connectivity index (χ3v) is 5.29. The zero-order chi connectivity index (χ0) is 17.8. The molecule has 2 heterocycles. The molecule has 0 unspecified atom stereocenters. The van der Waals surface area contributed by atoms with Gasteiger partial charge in [0.05, 0.1) is 0 Å². The van der Waals surface area contributed by atoms with Crippen LogP contribution in [0.2, 0.25) is 0 Å². The van der Waals surface area contributed by atoms with Crippen molar-refractivity contribution in [2.45, 2.75) is 12.1 Å². The summed E-state index contributed by atoms with van der Waals surface area (Å²) in [5.41, 5.74) is 1.77. The van der Waals surface area contributed by atoms with Crippen molar-refractivity contribution >= 4 is 53.7 Å². The first-order valence-corrected chi connectivity index (χ1v) is 9.03. The maximum atomic E-state index is 14.1. The number of fused-ring (bicyclic) bond motifs is 2. The second kappa shape index (κ2) is 5.92. The summed E-state index contributed by atoms with van der Waals surface area (Å²) in [6.45, 7) is 0. The molecule has 7 heteroatoms. The molecule has 25 heavy (non-hydrogen) atoms. The Morgan fingerprint density at radius 2 is 1.20 bits per heavy atom. The van der Waals surface area contributed by atoms with E-state index in [0.717, 1.165) is 8.95 Å². The molecule has 0 aliphatic carbocycles. The largest absolute Gasteiger partial charge is 0.399 e. The Bertz CT molecular complexity index is 999. The zero-order valence-corrected chi connectivity index (χ0v) is 15.8. The summed E-state index contributed by atoms with van der Waals surface area (Å²) >= 11 is 6.68. The van der Waals surface area contributed by atoms with Crippen molar-refractivity contribution in [3.8, 4) is 0 Å². The van der Waals surface area contributed by atoms with Gasteiger partial charge in [-0.3, -0.25) is 0 Å². The second-order valence-corrected chi connectivity index (χ2v) is 7.67. The molecule has 2 N–H and O–H groups in total. The van der Waals surface area contributed by atoms with Gasteiger partial charge in [-0.15, -0.1) is 0 Å². The fraction of sp³-hybridized carbons (Fsp3) is 0.111. The summed E-state index contributed by atoms with van der Waals surface area (Å²) < 4.78 is 43.6. The topological polar surface area (TPSA) is 31.6 Å². The highest BCUT2D eigenvalue weighted by atomic mass is 79.9. The highest BCUT2D eigenvalue weighted by Crippen LogP contribution is 2.45. The molecule has 0 radical (unpaired) electrons. The second-order valence-electron chi connectivity index (χ2n) is 5.84. The minimum atomic E-state index is -4.42. The summed E-state index contributed by atoms with van der Waals surface area (Å²) in [5.74, 6) is -1.72. The third kappa shape index (κ3) is 2.89. The van der Waals surface area contributed by atoms with E-state index in [-0.39, 0.29) is 11.1 Å². The van der Waals surface area contributed by atoms with E-state index in [1.165, 1.54) is 12.4 Å². The number of nitrogens with one attached hydrogen (secondary N) is 2. The van der Waals surface area contributed by atoms with Crippen molar-refractivity contribution in [2.24, 2.45) is 0 Å². The van der Waals surface area contributed by atoms with Gasteiger partial charge in [-0.25, -0.2) is 0 Å². The standard InChI is InChI=1S/C18H11Br2F3N2/c19-9-1-3-15-11(5-9)13(7-24-15)17(18(21,22)23)14-8-25-16-4-2-10(20)6-12(14)16/h1-8,17,24-25H. The highest BCUT2D eigenvalue weighted by molar-refractivity contribution is 9.10.